The zero-order chi connectivity index (χ0) is 11.1. The third-order valence-electron chi connectivity index (χ3n) is 2.02. The lowest BCUT2D eigenvalue weighted by molar-refractivity contribution is 0.198. The van der Waals surface area contributed by atoms with Crippen molar-refractivity contribution in [2.45, 2.75) is 12.8 Å². The Morgan fingerprint density at radius 2 is 1.87 bits per heavy atom. The van der Waals surface area contributed by atoms with Gasteiger partial charge in [0, 0.05) is 27.1 Å². The molecule has 1 heterocycles. The van der Waals surface area contributed by atoms with Crippen molar-refractivity contribution in [3.05, 3.63) is 17.7 Å². The number of nitrogens with zero attached hydrogens (tertiary/aromatic N) is 2. The van der Waals surface area contributed by atoms with Crippen LogP contribution in [0.5, 0.6) is 0 Å². The van der Waals surface area contributed by atoms with Gasteiger partial charge < -0.3 is 15.2 Å². The molecule has 0 aromatic carbocycles. The summed E-state index contributed by atoms with van der Waals surface area (Å²) in [6.45, 7) is 1.23. The first kappa shape index (κ1) is 11.9. The van der Waals surface area contributed by atoms with Crippen molar-refractivity contribution in [2.24, 2.45) is 0 Å². The highest BCUT2D eigenvalue weighted by Crippen LogP contribution is 2.08. The van der Waals surface area contributed by atoms with Crippen LogP contribution in [-0.2, 0) is 22.3 Å². The summed E-state index contributed by atoms with van der Waals surface area (Å²) in [7, 11) is 3.31. The molecule has 1 aromatic rings. The fraction of sp³-hybridized carbons (Fsp3) is 0.600. The van der Waals surface area contributed by atoms with Crippen LogP contribution in [-0.4, -0.2) is 37.4 Å². The third kappa shape index (κ3) is 3.81. The number of aromatic nitrogens is 2. The van der Waals surface area contributed by atoms with E-state index >= 15 is 0 Å². The van der Waals surface area contributed by atoms with Crippen LogP contribution in [0, 0.1) is 0 Å². The van der Waals surface area contributed by atoms with E-state index in [1.807, 2.05) is 0 Å². The second kappa shape index (κ2) is 6.31. The van der Waals surface area contributed by atoms with Gasteiger partial charge in [0.2, 0.25) is 0 Å². The average Bonchev–Trinajstić information content (AvgIpc) is 2.26. The Labute approximate surface area is 89.6 Å². The van der Waals surface area contributed by atoms with Gasteiger partial charge in [0.15, 0.2) is 0 Å². The van der Waals surface area contributed by atoms with E-state index in [1.54, 1.807) is 20.4 Å². The number of nitrogen functional groups attached to an aromatic ring is 1. The van der Waals surface area contributed by atoms with Gasteiger partial charge in [-0.1, -0.05) is 0 Å². The van der Waals surface area contributed by atoms with E-state index in [0.717, 1.165) is 11.5 Å². The number of ether oxygens (including phenoxy) is 2. The van der Waals surface area contributed by atoms with Crippen LogP contribution in [0.3, 0.4) is 0 Å². The highest BCUT2D eigenvalue weighted by molar-refractivity contribution is 5.40. The molecule has 0 amide bonds. The van der Waals surface area contributed by atoms with Crippen molar-refractivity contribution in [1.82, 2.24) is 9.97 Å². The zero-order valence-electron chi connectivity index (χ0n) is 9.19. The van der Waals surface area contributed by atoms with E-state index in [0.29, 0.717) is 31.7 Å². The predicted molar refractivity (Wildman–Crippen MR) is 57.6 cm³/mol. The van der Waals surface area contributed by atoms with E-state index in [1.165, 1.54) is 0 Å². The summed E-state index contributed by atoms with van der Waals surface area (Å²) in [5.41, 5.74) is 7.21. The molecule has 0 aliphatic heterocycles. The molecule has 0 saturated carbocycles. The van der Waals surface area contributed by atoms with Crippen molar-refractivity contribution in [1.29, 1.82) is 0 Å². The van der Waals surface area contributed by atoms with Gasteiger partial charge in [-0.05, 0) is 0 Å². The number of nitrogens with two attached hydrogens (primary N) is 1. The van der Waals surface area contributed by atoms with Gasteiger partial charge in [-0.25, -0.2) is 9.97 Å². The molecule has 0 fully saturated rings. The molecule has 0 atom stereocenters. The minimum Gasteiger partial charge on any atom is -0.396 e. The summed E-state index contributed by atoms with van der Waals surface area (Å²) in [5, 5.41) is 0. The normalized spacial score (nSPS) is 10.5. The Kier molecular flexibility index (Phi) is 5.00. The maximum atomic E-state index is 5.75. The van der Waals surface area contributed by atoms with E-state index in [-0.39, 0.29) is 0 Å². The molecule has 15 heavy (non-hydrogen) atoms. The largest absolute Gasteiger partial charge is 0.396 e. The molecule has 0 saturated heterocycles. The van der Waals surface area contributed by atoms with Crippen LogP contribution in [0.1, 0.15) is 11.5 Å². The molecule has 0 aliphatic carbocycles. The maximum absolute atomic E-state index is 5.75. The topological polar surface area (TPSA) is 70.3 Å². The van der Waals surface area contributed by atoms with Crippen LogP contribution in [0.4, 0.5) is 5.69 Å². The van der Waals surface area contributed by atoms with Gasteiger partial charge >= 0.3 is 0 Å². The Morgan fingerprint density at radius 1 is 1.20 bits per heavy atom. The standard InChI is InChI=1S/C10H17N3O2/c1-14-5-3-9-8(11)7-12-10(13-9)4-6-15-2/h7H,3-6,11H2,1-2H3. The first-order valence-electron chi connectivity index (χ1n) is 4.86. The molecule has 0 spiro atoms. The van der Waals surface area contributed by atoms with Gasteiger partial charge in [-0.2, -0.15) is 0 Å². The van der Waals surface area contributed by atoms with Crippen molar-refractivity contribution < 1.29 is 9.47 Å². The van der Waals surface area contributed by atoms with Crippen molar-refractivity contribution in [3.63, 3.8) is 0 Å². The first-order valence-corrected chi connectivity index (χ1v) is 4.86. The second-order valence-corrected chi connectivity index (χ2v) is 3.17. The molecule has 0 radical (unpaired) electrons. The molecule has 84 valence electrons. The van der Waals surface area contributed by atoms with Gasteiger partial charge in [0.1, 0.15) is 5.82 Å². The van der Waals surface area contributed by atoms with Gasteiger partial charge in [-0.3, -0.25) is 0 Å². The number of hydrogen-bond donors (Lipinski definition) is 1. The Morgan fingerprint density at radius 3 is 2.53 bits per heavy atom. The monoisotopic (exact) mass is 211 g/mol. The molecular formula is C10H17N3O2. The molecule has 0 bridgehead atoms. The SMILES string of the molecule is COCCc1ncc(N)c(CCOC)n1. The average molecular weight is 211 g/mol. The number of anilines is 1. The van der Waals surface area contributed by atoms with Crippen LogP contribution >= 0.6 is 0 Å². The second-order valence-electron chi connectivity index (χ2n) is 3.17. The summed E-state index contributed by atoms with van der Waals surface area (Å²) < 4.78 is 9.94. The van der Waals surface area contributed by atoms with Crippen LogP contribution in [0.15, 0.2) is 6.20 Å². The maximum Gasteiger partial charge on any atom is 0.131 e. The molecule has 5 heteroatoms. The lowest BCUT2D eigenvalue weighted by Crippen LogP contribution is -2.08. The fourth-order valence-electron chi connectivity index (χ4n) is 1.18. The van der Waals surface area contributed by atoms with E-state index in [9.17, 15) is 0 Å². The van der Waals surface area contributed by atoms with Crippen molar-refractivity contribution in [3.8, 4) is 0 Å². The molecular weight excluding hydrogens is 194 g/mol. The molecule has 5 nitrogen and oxygen atoms in total. The Hall–Kier alpha value is -1.20. The fourth-order valence-corrected chi connectivity index (χ4v) is 1.18. The predicted octanol–water partition coefficient (Wildman–Crippen LogP) is 0.437. The summed E-state index contributed by atoms with van der Waals surface area (Å²) in [6.07, 6.45) is 3.06. The summed E-state index contributed by atoms with van der Waals surface area (Å²) >= 11 is 0. The lowest BCUT2D eigenvalue weighted by Gasteiger charge is -2.06. The number of methoxy groups -OCH3 is 2. The summed E-state index contributed by atoms with van der Waals surface area (Å²) in [4.78, 5) is 8.48. The number of rotatable bonds is 6. The summed E-state index contributed by atoms with van der Waals surface area (Å²) in [5.74, 6) is 0.761. The molecule has 1 aromatic heterocycles. The molecule has 0 unspecified atom stereocenters. The highest BCUT2D eigenvalue weighted by atomic mass is 16.5. The van der Waals surface area contributed by atoms with E-state index in [4.69, 9.17) is 15.2 Å². The van der Waals surface area contributed by atoms with Crippen molar-refractivity contribution >= 4 is 5.69 Å². The van der Waals surface area contributed by atoms with Gasteiger partial charge in [0.25, 0.3) is 0 Å². The van der Waals surface area contributed by atoms with Crippen LogP contribution in [0.2, 0.25) is 0 Å². The van der Waals surface area contributed by atoms with E-state index < -0.39 is 0 Å². The zero-order valence-corrected chi connectivity index (χ0v) is 9.19. The van der Waals surface area contributed by atoms with Gasteiger partial charge in [0.05, 0.1) is 30.8 Å². The number of hydrogen-bond acceptors (Lipinski definition) is 5. The van der Waals surface area contributed by atoms with Crippen LogP contribution < -0.4 is 5.73 Å². The quantitative estimate of drug-likeness (QED) is 0.739. The highest BCUT2D eigenvalue weighted by Gasteiger charge is 2.04. The molecule has 0 aliphatic rings. The third-order valence-corrected chi connectivity index (χ3v) is 2.02. The lowest BCUT2D eigenvalue weighted by atomic mass is 10.2. The smallest absolute Gasteiger partial charge is 0.131 e. The van der Waals surface area contributed by atoms with Gasteiger partial charge in [-0.15, -0.1) is 0 Å². The Bertz CT molecular complexity index is 305. The van der Waals surface area contributed by atoms with Crippen LogP contribution in [0.25, 0.3) is 0 Å². The minimum atomic E-state index is 0.616. The molecule has 1 rings (SSSR count). The minimum absolute atomic E-state index is 0.616. The first-order chi connectivity index (χ1) is 7.27. The summed E-state index contributed by atoms with van der Waals surface area (Å²) in [6, 6.07) is 0. The Balaban J connectivity index is 2.66. The molecule has 2 N–H and O–H groups in total. The van der Waals surface area contributed by atoms with Crippen molar-refractivity contribution in [2.75, 3.05) is 33.2 Å². The van der Waals surface area contributed by atoms with E-state index in [2.05, 4.69) is 9.97 Å².